The van der Waals surface area contributed by atoms with E-state index in [-0.39, 0.29) is 19.5 Å². The molecule has 0 heterocycles. The van der Waals surface area contributed by atoms with Crippen molar-refractivity contribution in [1.82, 2.24) is 9.80 Å². The number of likely N-dealkylation sites (N-methyl/N-ethyl adjacent to an activating group) is 1. The van der Waals surface area contributed by atoms with Crippen molar-refractivity contribution >= 4 is 17.9 Å². The van der Waals surface area contributed by atoms with E-state index in [2.05, 4.69) is 0 Å². The highest BCUT2D eigenvalue weighted by Crippen LogP contribution is 1.95. The fraction of sp³-hybridized carbons (Fsp3) is 0.625. The summed E-state index contributed by atoms with van der Waals surface area (Å²) < 4.78 is 0. The highest BCUT2D eigenvalue weighted by molar-refractivity contribution is 5.82. The average molecular weight is 217 g/mol. The summed E-state index contributed by atoms with van der Waals surface area (Å²) in [5, 5.41) is 8.40. The number of amides is 3. The Hall–Kier alpha value is -1.79. The van der Waals surface area contributed by atoms with Gasteiger partial charge in [0.1, 0.15) is 6.54 Å². The molecule has 0 aromatic rings. The second-order valence-corrected chi connectivity index (χ2v) is 3.17. The van der Waals surface area contributed by atoms with E-state index in [1.54, 1.807) is 0 Å². The molecule has 0 fully saturated rings. The van der Waals surface area contributed by atoms with Gasteiger partial charge in [-0.05, 0) is 0 Å². The number of urea groups is 1. The van der Waals surface area contributed by atoms with Crippen molar-refractivity contribution < 1.29 is 19.5 Å². The Morgan fingerprint density at radius 1 is 1.20 bits per heavy atom. The van der Waals surface area contributed by atoms with E-state index in [1.807, 2.05) is 0 Å². The fourth-order valence-corrected chi connectivity index (χ4v) is 0.952. The Bertz CT molecular complexity index is 267. The van der Waals surface area contributed by atoms with Gasteiger partial charge in [-0.25, -0.2) is 4.79 Å². The predicted octanol–water partition coefficient (Wildman–Crippen LogP) is -1.07. The third kappa shape index (κ3) is 5.50. The van der Waals surface area contributed by atoms with E-state index < -0.39 is 17.9 Å². The van der Waals surface area contributed by atoms with E-state index in [1.165, 1.54) is 19.0 Å². The SMILES string of the molecule is CN(CCC(=O)O)C(=O)N(C)CC(N)=O. The maximum absolute atomic E-state index is 11.4. The van der Waals surface area contributed by atoms with Crippen LogP contribution in [0.5, 0.6) is 0 Å². The number of carboxylic acid groups (broad SMARTS) is 1. The molecule has 0 aromatic heterocycles. The molecule has 0 aliphatic carbocycles. The maximum atomic E-state index is 11.4. The Morgan fingerprint density at radius 3 is 2.13 bits per heavy atom. The molecule has 3 amide bonds. The molecule has 7 heteroatoms. The molecule has 0 unspecified atom stereocenters. The van der Waals surface area contributed by atoms with Crippen LogP contribution in [-0.2, 0) is 9.59 Å². The molecule has 7 nitrogen and oxygen atoms in total. The Kier molecular flexibility index (Phi) is 5.14. The lowest BCUT2D eigenvalue weighted by Gasteiger charge is -2.23. The zero-order valence-electron chi connectivity index (χ0n) is 8.77. The molecule has 15 heavy (non-hydrogen) atoms. The molecule has 0 radical (unpaired) electrons. The minimum atomic E-state index is -0.979. The van der Waals surface area contributed by atoms with Crippen LogP contribution in [0.1, 0.15) is 6.42 Å². The highest BCUT2D eigenvalue weighted by atomic mass is 16.4. The van der Waals surface area contributed by atoms with Gasteiger partial charge in [0.05, 0.1) is 6.42 Å². The van der Waals surface area contributed by atoms with E-state index in [0.717, 1.165) is 4.90 Å². The summed E-state index contributed by atoms with van der Waals surface area (Å²) >= 11 is 0. The maximum Gasteiger partial charge on any atom is 0.319 e. The molecule has 0 aliphatic heterocycles. The molecular weight excluding hydrogens is 202 g/mol. The van der Waals surface area contributed by atoms with Crippen LogP contribution in [0, 0.1) is 0 Å². The van der Waals surface area contributed by atoms with Gasteiger partial charge in [0, 0.05) is 20.6 Å². The van der Waals surface area contributed by atoms with Crippen LogP contribution in [0.4, 0.5) is 4.79 Å². The van der Waals surface area contributed by atoms with Crippen molar-refractivity contribution in [2.24, 2.45) is 5.73 Å². The van der Waals surface area contributed by atoms with Crippen molar-refractivity contribution in [2.75, 3.05) is 27.2 Å². The van der Waals surface area contributed by atoms with Crippen LogP contribution in [0.15, 0.2) is 0 Å². The van der Waals surface area contributed by atoms with E-state index in [4.69, 9.17) is 10.8 Å². The van der Waals surface area contributed by atoms with Crippen LogP contribution in [0.2, 0.25) is 0 Å². The number of rotatable bonds is 5. The van der Waals surface area contributed by atoms with Crippen molar-refractivity contribution in [3.05, 3.63) is 0 Å². The number of aliphatic carboxylic acids is 1. The number of carboxylic acids is 1. The van der Waals surface area contributed by atoms with Gasteiger partial charge in [0.25, 0.3) is 0 Å². The minimum absolute atomic E-state index is 0.0945. The molecule has 0 aliphatic rings. The number of nitrogens with zero attached hydrogens (tertiary/aromatic N) is 2. The minimum Gasteiger partial charge on any atom is -0.481 e. The molecular formula is C8H15N3O4. The largest absolute Gasteiger partial charge is 0.481 e. The lowest BCUT2D eigenvalue weighted by molar-refractivity contribution is -0.137. The molecule has 3 N–H and O–H groups in total. The molecule has 0 rings (SSSR count). The van der Waals surface area contributed by atoms with Crippen molar-refractivity contribution in [2.45, 2.75) is 6.42 Å². The van der Waals surface area contributed by atoms with E-state index in [9.17, 15) is 14.4 Å². The standard InChI is InChI=1S/C8H15N3O4/c1-10(4-3-7(13)14)8(15)11(2)5-6(9)12/h3-5H2,1-2H3,(H2,9,12)(H,13,14). The number of hydrogen-bond acceptors (Lipinski definition) is 3. The topological polar surface area (TPSA) is 104 Å². The van der Waals surface area contributed by atoms with Crippen LogP contribution in [-0.4, -0.2) is 60.0 Å². The van der Waals surface area contributed by atoms with Crippen LogP contribution >= 0.6 is 0 Å². The summed E-state index contributed by atoms with van der Waals surface area (Å²) in [6.07, 6.45) is -0.132. The lowest BCUT2D eigenvalue weighted by atomic mass is 10.4. The molecule has 0 saturated carbocycles. The van der Waals surface area contributed by atoms with Crippen molar-refractivity contribution in [3.63, 3.8) is 0 Å². The van der Waals surface area contributed by atoms with Gasteiger partial charge in [-0.2, -0.15) is 0 Å². The second kappa shape index (κ2) is 5.84. The summed E-state index contributed by atoms with van der Waals surface area (Å²) in [5.41, 5.74) is 4.91. The Labute approximate surface area is 87.4 Å². The molecule has 86 valence electrons. The number of carbonyl (C=O) groups is 3. The number of primary amides is 1. The Morgan fingerprint density at radius 2 is 1.73 bits per heavy atom. The highest BCUT2D eigenvalue weighted by Gasteiger charge is 2.15. The van der Waals surface area contributed by atoms with Gasteiger partial charge in [0.15, 0.2) is 0 Å². The second-order valence-electron chi connectivity index (χ2n) is 3.17. The fourth-order valence-electron chi connectivity index (χ4n) is 0.952. The third-order valence-corrected chi connectivity index (χ3v) is 1.71. The summed E-state index contributed by atoms with van der Waals surface area (Å²) in [6, 6.07) is -0.435. The first-order chi connectivity index (χ1) is 6.84. The van der Waals surface area contributed by atoms with Crippen LogP contribution in [0.25, 0.3) is 0 Å². The lowest BCUT2D eigenvalue weighted by Crippen LogP contribution is -2.43. The van der Waals surface area contributed by atoms with E-state index in [0.29, 0.717) is 0 Å². The number of nitrogens with two attached hydrogens (primary N) is 1. The summed E-state index contributed by atoms with van der Waals surface area (Å²) in [4.78, 5) is 34.6. The van der Waals surface area contributed by atoms with Gasteiger partial charge < -0.3 is 20.6 Å². The first kappa shape index (κ1) is 13.2. The summed E-state index contributed by atoms with van der Waals surface area (Å²) in [5.74, 6) is -1.59. The zero-order chi connectivity index (χ0) is 12.0. The summed E-state index contributed by atoms with van der Waals surface area (Å²) in [6.45, 7) is -0.0898. The smallest absolute Gasteiger partial charge is 0.319 e. The van der Waals surface area contributed by atoms with Gasteiger partial charge in [-0.15, -0.1) is 0 Å². The first-order valence-corrected chi connectivity index (χ1v) is 4.31. The van der Waals surface area contributed by atoms with Gasteiger partial charge in [0.2, 0.25) is 5.91 Å². The third-order valence-electron chi connectivity index (χ3n) is 1.71. The predicted molar refractivity (Wildman–Crippen MR) is 52.1 cm³/mol. The van der Waals surface area contributed by atoms with Gasteiger partial charge in [-0.1, -0.05) is 0 Å². The summed E-state index contributed by atoms with van der Waals surface area (Å²) in [7, 11) is 2.88. The van der Waals surface area contributed by atoms with Crippen LogP contribution < -0.4 is 5.73 Å². The van der Waals surface area contributed by atoms with Gasteiger partial charge in [-0.3, -0.25) is 9.59 Å². The molecule has 0 atom stereocenters. The number of carbonyl (C=O) groups excluding carboxylic acids is 2. The zero-order valence-corrected chi connectivity index (χ0v) is 8.77. The van der Waals surface area contributed by atoms with E-state index >= 15 is 0 Å². The average Bonchev–Trinajstić information content (AvgIpc) is 2.11. The molecule has 0 bridgehead atoms. The van der Waals surface area contributed by atoms with Gasteiger partial charge >= 0.3 is 12.0 Å². The first-order valence-electron chi connectivity index (χ1n) is 4.31. The number of hydrogen-bond donors (Lipinski definition) is 2. The Balaban J connectivity index is 4.07. The monoisotopic (exact) mass is 217 g/mol. The molecule has 0 spiro atoms. The van der Waals surface area contributed by atoms with Crippen molar-refractivity contribution in [3.8, 4) is 0 Å². The normalized spacial score (nSPS) is 9.47. The van der Waals surface area contributed by atoms with Crippen molar-refractivity contribution in [1.29, 1.82) is 0 Å². The van der Waals surface area contributed by atoms with Crippen LogP contribution in [0.3, 0.4) is 0 Å². The quantitative estimate of drug-likeness (QED) is 0.611. The molecule has 0 saturated heterocycles. The molecule has 0 aromatic carbocycles.